The molecule has 3 heterocycles. The van der Waals surface area contributed by atoms with Crippen LogP contribution >= 0.6 is 0 Å². The first kappa shape index (κ1) is 17.1. The van der Waals surface area contributed by atoms with Gasteiger partial charge in [0.15, 0.2) is 12.1 Å². The lowest BCUT2D eigenvalue weighted by molar-refractivity contribution is -0.0921. The monoisotopic (exact) mass is 377 g/mol. The lowest BCUT2D eigenvalue weighted by Crippen LogP contribution is -2.38. The Bertz CT molecular complexity index is 1060. The molecule has 0 spiro atoms. The fourth-order valence-corrected chi connectivity index (χ4v) is 4.50. The molecule has 1 unspecified atom stereocenters. The number of nitriles is 1. The van der Waals surface area contributed by atoms with Crippen molar-refractivity contribution in [3.63, 3.8) is 0 Å². The molecule has 0 bridgehead atoms. The van der Waals surface area contributed by atoms with E-state index in [0.29, 0.717) is 23.4 Å². The summed E-state index contributed by atoms with van der Waals surface area (Å²) in [6.45, 7) is -0.0874. The minimum Gasteiger partial charge on any atom is -0.396 e. The molecule has 28 heavy (non-hydrogen) atoms. The highest BCUT2D eigenvalue weighted by Gasteiger charge is 2.62. The van der Waals surface area contributed by atoms with E-state index in [1.54, 1.807) is 10.6 Å². The topological polar surface area (TPSA) is 119 Å². The number of ether oxygens (including phenoxy) is 2. The van der Waals surface area contributed by atoms with Crippen molar-refractivity contribution in [2.75, 3.05) is 12.3 Å². The predicted octanol–water partition coefficient (Wildman–Crippen LogP) is 1.57. The number of nitrogens with two attached hydrogens (primary N) is 1. The zero-order valence-electron chi connectivity index (χ0n) is 15.0. The number of nitrogen functional groups attached to an aromatic ring is 1. The number of hydrogen-bond donors (Lipinski definition) is 2. The van der Waals surface area contributed by atoms with Crippen LogP contribution in [-0.2, 0) is 14.9 Å². The van der Waals surface area contributed by atoms with Crippen molar-refractivity contribution in [3.8, 4) is 6.07 Å². The fraction of sp³-hybridized carbons (Fsp3) is 0.350. The van der Waals surface area contributed by atoms with E-state index in [-0.39, 0.29) is 18.6 Å². The Hall–Kier alpha value is -2.99. The Balaban J connectivity index is 1.61. The number of aliphatic hydroxyl groups excluding tert-OH is 1. The van der Waals surface area contributed by atoms with Crippen LogP contribution < -0.4 is 5.73 Å². The molecule has 3 aromatic rings. The van der Waals surface area contributed by atoms with Crippen LogP contribution in [0.4, 0.5) is 5.82 Å². The molecule has 142 valence electrons. The zero-order valence-corrected chi connectivity index (χ0v) is 15.0. The number of hydrogen-bond acceptors (Lipinski definition) is 7. The van der Waals surface area contributed by atoms with Gasteiger partial charge >= 0.3 is 0 Å². The summed E-state index contributed by atoms with van der Waals surface area (Å²) >= 11 is 0. The number of benzene rings is 1. The van der Waals surface area contributed by atoms with E-state index >= 15 is 0 Å². The standard InChI is InChI=1S/C20H19N5O3/c21-10-20(15-7-6-14-18(22)23-11-24-25(14)15)8-13(9-26)16-17(20)28-19(27-16)12-4-2-1-3-5-12/h1-7,11,13,16-17,19,26H,8-9H2,(H2,22,23,24)/t13-,16-,17-,19?,20-/m1/s1. The van der Waals surface area contributed by atoms with Gasteiger partial charge in [-0.2, -0.15) is 10.4 Å². The SMILES string of the molecule is N#C[C@@]1(c2ccc3c(N)ncnn23)C[C@H](CO)[C@H]2OC(c3ccccc3)O[C@H]21. The molecular formula is C20H19N5O3. The van der Waals surface area contributed by atoms with Gasteiger partial charge in [0, 0.05) is 18.1 Å². The normalized spacial score (nSPS) is 31.7. The average molecular weight is 377 g/mol. The molecular weight excluding hydrogens is 358 g/mol. The van der Waals surface area contributed by atoms with Crippen molar-refractivity contribution >= 4 is 11.3 Å². The van der Waals surface area contributed by atoms with Crippen LogP contribution in [0.1, 0.15) is 24.0 Å². The molecule has 2 aliphatic rings. The first-order chi connectivity index (χ1) is 13.7. The molecule has 2 aromatic heterocycles. The Morgan fingerprint density at radius 2 is 2.07 bits per heavy atom. The third-order valence-corrected chi connectivity index (χ3v) is 5.83. The summed E-state index contributed by atoms with van der Waals surface area (Å²) in [7, 11) is 0. The first-order valence-corrected chi connectivity index (χ1v) is 9.14. The van der Waals surface area contributed by atoms with E-state index < -0.39 is 17.8 Å². The number of anilines is 1. The van der Waals surface area contributed by atoms with Gasteiger partial charge in [0.25, 0.3) is 0 Å². The van der Waals surface area contributed by atoms with Crippen LogP contribution in [0.5, 0.6) is 0 Å². The Morgan fingerprint density at radius 1 is 1.25 bits per heavy atom. The quantitative estimate of drug-likeness (QED) is 0.711. The van der Waals surface area contributed by atoms with E-state index in [2.05, 4.69) is 16.2 Å². The van der Waals surface area contributed by atoms with Crippen molar-refractivity contribution in [1.82, 2.24) is 14.6 Å². The van der Waals surface area contributed by atoms with E-state index in [1.165, 1.54) is 6.33 Å². The molecule has 2 fully saturated rings. The summed E-state index contributed by atoms with van der Waals surface area (Å²) in [5.74, 6) is 0.122. The molecule has 3 N–H and O–H groups in total. The van der Waals surface area contributed by atoms with Crippen LogP contribution in [0, 0.1) is 17.2 Å². The van der Waals surface area contributed by atoms with Crippen molar-refractivity contribution in [2.45, 2.75) is 30.3 Å². The summed E-state index contributed by atoms with van der Waals surface area (Å²) in [5.41, 5.74) is 7.13. The summed E-state index contributed by atoms with van der Waals surface area (Å²) in [4.78, 5) is 4.01. The number of aliphatic hydroxyl groups is 1. The highest BCUT2D eigenvalue weighted by atomic mass is 16.7. The Morgan fingerprint density at radius 3 is 2.82 bits per heavy atom. The van der Waals surface area contributed by atoms with Crippen molar-refractivity contribution in [3.05, 3.63) is 60.0 Å². The molecule has 0 amide bonds. The van der Waals surface area contributed by atoms with Gasteiger partial charge in [-0.25, -0.2) is 9.50 Å². The summed E-state index contributed by atoms with van der Waals surface area (Å²) in [6, 6.07) is 15.7. The Labute approximate surface area is 161 Å². The van der Waals surface area contributed by atoms with Gasteiger partial charge in [0.2, 0.25) is 0 Å². The number of nitrogens with zero attached hydrogens (tertiary/aromatic N) is 4. The molecule has 0 radical (unpaired) electrons. The maximum atomic E-state index is 10.3. The average Bonchev–Trinajstić information content (AvgIpc) is 3.42. The van der Waals surface area contributed by atoms with Gasteiger partial charge in [-0.15, -0.1) is 0 Å². The first-order valence-electron chi connectivity index (χ1n) is 9.14. The van der Waals surface area contributed by atoms with Gasteiger partial charge < -0.3 is 20.3 Å². The maximum absolute atomic E-state index is 10.3. The molecule has 8 nitrogen and oxygen atoms in total. The zero-order chi connectivity index (χ0) is 19.3. The summed E-state index contributed by atoms with van der Waals surface area (Å²) < 4.78 is 14.1. The van der Waals surface area contributed by atoms with Crippen LogP contribution in [-0.4, -0.2) is 38.5 Å². The van der Waals surface area contributed by atoms with Crippen LogP contribution in [0.3, 0.4) is 0 Å². The van der Waals surface area contributed by atoms with Crippen molar-refractivity contribution < 1.29 is 14.6 Å². The van der Waals surface area contributed by atoms with Gasteiger partial charge in [-0.3, -0.25) is 0 Å². The predicted molar refractivity (Wildman–Crippen MR) is 98.8 cm³/mol. The lowest BCUT2D eigenvalue weighted by Gasteiger charge is -2.27. The molecule has 1 saturated heterocycles. The van der Waals surface area contributed by atoms with Gasteiger partial charge in [-0.05, 0) is 18.6 Å². The second-order valence-electron chi connectivity index (χ2n) is 7.29. The Kier molecular flexibility index (Phi) is 3.84. The molecule has 1 aromatic carbocycles. The van der Waals surface area contributed by atoms with E-state index in [9.17, 15) is 10.4 Å². The molecule has 1 aliphatic carbocycles. The largest absolute Gasteiger partial charge is 0.396 e. The highest BCUT2D eigenvalue weighted by molar-refractivity contribution is 5.66. The lowest BCUT2D eigenvalue weighted by atomic mass is 9.81. The van der Waals surface area contributed by atoms with Crippen LogP contribution in [0.15, 0.2) is 48.8 Å². The van der Waals surface area contributed by atoms with Crippen LogP contribution in [0.25, 0.3) is 5.52 Å². The molecule has 1 aliphatic heterocycles. The minimum absolute atomic E-state index is 0.0874. The van der Waals surface area contributed by atoms with Crippen molar-refractivity contribution in [2.24, 2.45) is 5.92 Å². The molecule has 5 rings (SSSR count). The smallest absolute Gasteiger partial charge is 0.184 e. The van der Waals surface area contributed by atoms with E-state index in [1.807, 2.05) is 36.4 Å². The minimum atomic E-state index is -1.02. The third-order valence-electron chi connectivity index (χ3n) is 5.83. The van der Waals surface area contributed by atoms with Crippen molar-refractivity contribution in [1.29, 1.82) is 5.26 Å². The number of aromatic nitrogens is 3. The van der Waals surface area contributed by atoms with Gasteiger partial charge in [0.1, 0.15) is 23.4 Å². The van der Waals surface area contributed by atoms with Crippen LogP contribution in [0.2, 0.25) is 0 Å². The summed E-state index contributed by atoms with van der Waals surface area (Å²) in [5, 5.41) is 24.5. The second-order valence-corrected chi connectivity index (χ2v) is 7.29. The summed E-state index contributed by atoms with van der Waals surface area (Å²) in [6.07, 6.45) is 0.274. The highest BCUT2D eigenvalue weighted by Crippen LogP contribution is 2.53. The molecule has 8 heteroatoms. The molecule has 5 atom stereocenters. The fourth-order valence-electron chi connectivity index (χ4n) is 4.50. The second kappa shape index (κ2) is 6.27. The maximum Gasteiger partial charge on any atom is 0.184 e. The van der Waals surface area contributed by atoms with Gasteiger partial charge in [0.05, 0.1) is 17.9 Å². The van der Waals surface area contributed by atoms with Gasteiger partial charge in [-0.1, -0.05) is 30.3 Å². The van der Waals surface area contributed by atoms with E-state index in [4.69, 9.17) is 15.2 Å². The molecule has 1 saturated carbocycles. The third kappa shape index (κ3) is 2.27. The van der Waals surface area contributed by atoms with E-state index in [0.717, 1.165) is 5.56 Å². The number of rotatable bonds is 3. The number of fused-ring (bicyclic) bond motifs is 2.